The second kappa shape index (κ2) is 9.28. The maximum atomic E-state index is 13.4. The number of aromatic nitrogens is 1. The number of ether oxygens (including phenoxy) is 3. The third-order valence-electron chi connectivity index (χ3n) is 5.21. The van der Waals surface area contributed by atoms with Crippen LogP contribution in [0.15, 0.2) is 71.8 Å². The van der Waals surface area contributed by atoms with Crippen molar-refractivity contribution in [2.24, 2.45) is 0 Å². The molecule has 8 heteroatoms. The van der Waals surface area contributed by atoms with Crippen LogP contribution in [0, 0.1) is 0 Å². The molecule has 0 fully saturated rings. The Hall–Kier alpha value is -2.94. The zero-order valence-corrected chi connectivity index (χ0v) is 19.1. The zero-order valence-electron chi connectivity index (χ0n) is 17.4. The largest absolute Gasteiger partial charge is 0.496 e. The van der Waals surface area contributed by atoms with Gasteiger partial charge in [0.25, 0.3) is 0 Å². The fourth-order valence-corrected chi connectivity index (χ4v) is 5.80. The Labute approximate surface area is 192 Å². The molecule has 3 heterocycles. The predicted molar refractivity (Wildman–Crippen MR) is 126 cm³/mol. The van der Waals surface area contributed by atoms with Crippen molar-refractivity contribution < 1.29 is 18.4 Å². The molecular weight excluding hydrogens is 444 g/mol. The average molecular weight is 467 g/mol. The van der Waals surface area contributed by atoms with Crippen molar-refractivity contribution >= 4 is 32.5 Å². The summed E-state index contributed by atoms with van der Waals surface area (Å²) < 4.78 is 33.8. The van der Waals surface area contributed by atoms with Crippen molar-refractivity contribution in [1.82, 2.24) is 9.71 Å². The highest BCUT2D eigenvalue weighted by Crippen LogP contribution is 2.37. The van der Waals surface area contributed by atoms with Crippen LogP contribution in [0.1, 0.15) is 22.9 Å². The van der Waals surface area contributed by atoms with Crippen molar-refractivity contribution in [3.63, 3.8) is 0 Å². The number of nitrogens with one attached hydrogen (secondary N) is 1. The summed E-state index contributed by atoms with van der Waals surface area (Å²) in [5.41, 5.74) is 0.907. The third-order valence-corrected chi connectivity index (χ3v) is 7.46. The number of hydrogen-bond donors (Lipinski definition) is 1. The number of para-hydroxylation sites is 1. The maximum Gasteiger partial charge on any atom is 0.162 e. The number of nitrogens with zero attached hydrogens (tertiary/aromatic N) is 1. The van der Waals surface area contributed by atoms with Crippen molar-refractivity contribution in [1.29, 1.82) is 0 Å². The van der Waals surface area contributed by atoms with Gasteiger partial charge in [0, 0.05) is 34.5 Å². The molecular formula is C24H22N2O4S2. The molecule has 2 atom stereocenters. The van der Waals surface area contributed by atoms with E-state index >= 15 is 0 Å². The molecule has 0 bridgehead atoms. The van der Waals surface area contributed by atoms with Gasteiger partial charge >= 0.3 is 0 Å². The number of benzene rings is 2. The summed E-state index contributed by atoms with van der Waals surface area (Å²) in [6.45, 7) is 1.19. The van der Waals surface area contributed by atoms with Crippen LogP contribution in [0.25, 0.3) is 10.2 Å². The standard InChI is InChI=1S/C24H22N2O4S2/c1-28-19-8-3-2-7-18(19)23(22-14-16-6-4-11-25-24(16)31-22)26-32(27)17-9-10-20-21(15-17)30-13-5-12-29-20/h2-4,6-11,14-15,23,26H,5,12-13H2,1H3. The van der Waals surface area contributed by atoms with E-state index in [1.54, 1.807) is 30.7 Å². The summed E-state index contributed by atoms with van der Waals surface area (Å²) >= 11 is 1.57. The number of rotatable bonds is 6. The van der Waals surface area contributed by atoms with Gasteiger partial charge < -0.3 is 14.2 Å². The van der Waals surface area contributed by atoms with E-state index in [1.165, 1.54) is 0 Å². The zero-order chi connectivity index (χ0) is 21.9. The summed E-state index contributed by atoms with van der Waals surface area (Å²) in [6.07, 6.45) is 2.60. The first-order valence-electron chi connectivity index (χ1n) is 10.3. The molecule has 4 aromatic rings. The molecule has 1 aliphatic heterocycles. The smallest absolute Gasteiger partial charge is 0.162 e. The first-order valence-corrected chi connectivity index (χ1v) is 12.2. The number of methoxy groups -OCH3 is 1. The van der Waals surface area contributed by atoms with Crippen LogP contribution in [-0.2, 0) is 11.0 Å². The molecule has 0 amide bonds. The van der Waals surface area contributed by atoms with E-state index in [2.05, 4.69) is 15.8 Å². The van der Waals surface area contributed by atoms with Crippen LogP contribution in [0.2, 0.25) is 0 Å². The van der Waals surface area contributed by atoms with Crippen LogP contribution in [0.5, 0.6) is 17.2 Å². The molecule has 2 aromatic carbocycles. The summed E-state index contributed by atoms with van der Waals surface area (Å²) in [4.78, 5) is 7.03. The van der Waals surface area contributed by atoms with Gasteiger partial charge in [-0.15, -0.1) is 11.3 Å². The average Bonchev–Trinajstić information content (AvgIpc) is 3.12. The lowest BCUT2D eigenvalue weighted by Gasteiger charge is -2.20. The minimum atomic E-state index is -1.50. The number of pyridine rings is 1. The molecule has 0 radical (unpaired) electrons. The molecule has 0 spiro atoms. The fourth-order valence-electron chi connectivity index (χ4n) is 3.65. The first-order chi connectivity index (χ1) is 15.7. The molecule has 1 N–H and O–H groups in total. The molecule has 1 aliphatic rings. The van der Waals surface area contributed by atoms with E-state index in [0.29, 0.717) is 29.6 Å². The SMILES string of the molecule is COc1ccccc1C(NS(=O)c1ccc2c(c1)OCCCO2)c1cc2cccnc2s1. The first kappa shape index (κ1) is 20.9. The summed E-state index contributed by atoms with van der Waals surface area (Å²) in [5.74, 6) is 2.03. The maximum absolute atomic E-state index is 13.4. The van der Waals surface area contributed by atoms with Gasteiger partial charge in [0.1, 0.15) is 21.6 Å². The Bertz CT molecular complexity index is 1240. The Morgan fingerprint density at radius 3 is 2.75 bits per heavy atom. The lowest BCUT2D eigenvalue weighted by molar-refractivity contribution is 0.297. The minimum Gasteiger partial charge on any atom is -0.496 e. The summed E-state index contributed by atoms with van der Waals surface area (Å²) in [7, 11) is 0.137. The monoisotopic (exact) mass is 466 g/mol. The number of hydrogen-bond acceptors (Lipinski definition) is 6. The van der Waals surface area contributed by atoms with Crippen LogP contribution in [0.3, 0.4) is 0 Å². The van der Waals surface area contributed by atoms with Gasteiger partial charge in [-0.3, -0.25) is 0 Å². The summed E-state index contributed by atoms with van der Waals surface area (Å²) in [5, 5.41) is 1.05. The highest BCUT2D eigenvalue weighted by molar-refractivity contribution is 7.83. The van der Waals surface area contributed by atoms with E-state index in [-0.39, 0.29) is 6.04 Å². The van der Waals surface area contributed by atoms with Gasteiger partial charge in [-0.25, -0.2) is 13.9 Å². The van der Waals surface area contributed by atoms with Crippen molar-refractivity contribution in [3.05, 3.63) is 77.3 Å². The summed E-state index contributed by atoms with van der Waals surface area (Å²) in [6, 6.07) is 18.9. The third kappa shape index (κ3) is 4.21. The topological polar surface area (TPSA) is 69.7 Å². The number of thiophene rings is 1. The molecule has 32 heavy (non-hydrogen) atoms. The van der Waals surface area contributed by atoms with Crippen molar-refractivity contribution in [2.75, 3.05) is 20.3 Å². The van der Waals surface area contributed by atoms with Crippen LogP contribution < -0.4 is 18.9 Å². The Morgan fingerprint density at radius 1 is 1.06 bits per heavy atom. The highest BCUT2D eigenvalue weighted by atomic mass is 32.2. The molecule has 164 valence electrons. The van der Waals surface area contributed by atoms with E-state index in [1.807, 2.05) is 48.5 Å². The second-order valence-corrected chi connectivity index (χ2v) is 9.57. The molecule has 5 rings (SSSR count). The predicted octanol–water partition coefficient (Wildman–Crippen LogP) is 4.87. The normalized spacial score (nSPS) is 15.2. The van der Waals surface area contributed by atoms with Gasteiger partial charge in [0.2, 0.25) is 0 Å². The van der Waals surface area contributed by atoms with Crippen LogP contribution >= 0.6 is 11.3 Å². The van der Waals surface area contributed by atoms with Gasteiger partial charge in [-0.05, 0) is 30.3 Å². The van der Waals surface area contributed by atoms with E-state index < -0.39 is 11.0 Å². The van der Waals surface area contributed by atoms with Gasteiger partial charge in [0.15, 0.2) is 11.5 Å². The molecule has 2 aromatic heterocycles. The lowest BCUT2D eigenvalue weighted by Crippen LogP contribution is -2.24. The Balaban J connectivity index is 1.52. The molecule has 0 saturated heterocycles. The van der Waals surface area contributed by atoms with Crippen molar-refractivity contribution in [2.45, 2.75) is 17.4 Å². The van der Waals surface area contributed by atoms with Crippen LogP contribution in [-0.4, -0.2) is 29.5 Å². The lowest BCUT2D eigenvalue weighted by atomic mass is 10.0. The van der Waals surface area contributed by atoms with Crippen molar-refractivity contribution in [3.8, 4) is 17.2 Å². The highest BCUT2D eigenvalue weighted by Gasteiger charge is 2.24. The van der Waals surface area contributed by atoms with Crippen LogP contribution in [0.4, 0.5) is 0 Å². The fraction of sp³-hybridized carbons (Fsp3) is 0.208. The van der Waals surface area contributed by atoms with Gasteiger partial charge in [0.05, 0.1) is 31.3 Å². The molecule has 2 unspecified atom stereocenters. The van der Waals surface area contributed by atoms with E-state index in [0.717, 1.165) is 32.8 Å². The quantitative estimate of drug-likeness (QED) is 0.439. The molecule has 0 aliphatic carbocycles. The Morgan fingerprint density at radius 2 is 1.91 bits per heavy atom. The second-order valence-electron chi connectivity index (χ2n) is 7.27. The van der Waals surface area contributed by atoms with Gasteiger partial charge in [-0.1, -0.05) is 24.3 Å². The number of fused-ring (bicyclic) bond motifs is 2. The van der Waals surface area contributed by atoms with E-state index in [4.69, 9.17) is 14.2 Å². The van der Waals surface area contributed by atoms with E-state index in [9.17, 15) is 4.21 Å². The Kier molecular flexibility index (Phi) is 6.07. The molecule has 6 nitrogen and oxygen atoms in total. The van der Waals surface area contributed by atoms with Gasteiger partial charge in [-0.2, -0.15) is 0 Å². The minimum absolute atomic E-state index is 0.345. The molecule has 0 saturated carbocycles.